The van der Waals surface area contributed by atoms with E-state index in [0.29, 0.717) is 19.4 Å². The normalized spacial score (nSPS) is 22.2. The van der Waals surface area contributed by atoms with Crippen LogP contribution < -0.4 is 10.6 Å². The van der Waals surface area contributed by atoms with E-state index < -0.39 is 18.0 Å². The summed E-state index contributed by atoms with van der Waals surface area (Å²) in [4.78, 5) is 22.9. The molecule has 0 saturated heterocycles. The van der Waals surface area contributed by atoms with Crippen molar-refractivity contribution in [3.8, 4) is 0 Å². The second-order valence-corrected chi connectivity index (χ2v) is 6.25. The van der Waals surface area contributed by atoms with Crippen molar-refractivity contribution in [2.45, 2.75) is 58.0 Å². The van der Waals surface area contributed by atoms with E-state index >= 15 is 0 Å². The maximum Gasteiger partial charge on any atom is 0.326 e. The number of carboxylic acid groups (broad SMARTS) is 1. The summed E-state index contributed by atoms with van der Waals surface area (Å²) in [6.45, 7) is 4.85. The van der Waals surface area contributed by atoms with Gasteiger partial charge >= 0.3 is 12.0 Å². The molecule has 0 aromatic rings. The number of carbonyl (C=O) groups is 2. The van der Waals surface area contributed by atoms with Crippen molar-refractivity contribution in [2.75, 3.05) is 13.7 Å². The maximum absolute atomic E-state index is 11.8. The second kappa shape index (κ2) is 7.47. The zero-order chi connectivity index (χ0) is 15.2. The van der Waals surface area contributed by atoms with E-state index in [0.717, 1.165) is 19.3 Å². The molecule has 3 N–H and O–H groups in total. The van der Waals surface area contributed by atoms with E-state index in [1.807, 2.05) is 0 Å². The number of methoxy groups -OCH3 is 1. The molecule has 1 fully saturated rings. The molecule has 0 heterocycles. The lowest BCUT2D eigenvalue weighted by Crippen LogP contribution is -2.48. The molecule has 2 amide bonds. The lowest BCUT2D eigenvalue weighted by molar-refractivity contribution is -0.139. The van der Waals surface area contributed by atoms with Gasteiger partial charge in [-0.1, -0.05) is 13.8 Å². The highest BCUT2D eigenvalue weighted by Crippen LogP contribution is 2.36. The number of aliphatic carboxylic acids is 1. The van der Waals surface area contributed by atoms with Crippen LogP contribution in [0.1, 0.15) is 46.0 Å². The monoisotopic (exact) mass is 286 g/mol. The molecule has 0 radical (unpaired) electrons. The highest BCUT2D eigenvalue weighted by atomic mass is 16.5. The Balaban J connectivity index is 2.36. The molecule has 0 bridgehead atoms. The van der Waals surface area contributed by atoms with E-state index in [2.05, 4.69) is 24.5 Å². The Kier molecular flexibility index (Phi) is 6.26. The van der Waals surface area contributed by atoms with Gasteiger partial charge in [0.2, 0.25) is 0 Å². The minimum absolute atomic E-state index is 0.137. The Labute approximate surface area is 120 Å². The summed E-state index contributed by atoms with van der Waals surface area (Å²) in [6.07, 6.45) is 3.93. The van der Waals surface area contributed by atoms with E-state index in [-0.39, 0.29) is 11.5 Å². The Morgan fingerprint density at radius 1 is 1.45 bits per heavy atom. The molecule has 0 aliphatic heterocycles. The first-order valence-corrected chi connectivity index (χ1v) is 7.13. The molecule has 2 unspecified atom stereocenters. The Morgan fingerprint density at radius 2 is 2.15 bits per heavy atom. The van der Waals surface area contributed by atoms with Crippen molar-refractivity contribution in [1.29, 1.82) is 0 Å². The third-order valence-electron chi connectivity index (χ3n) is 3.75. The quantitative estimate of drug-likeness (QED) is 0.622. The summed E-state index contributed by atoms with van der Waals surface area (Å²) >= 11 is 0. The zero-order valence-corrected chi connectivity index (χ0v) is 12.6. The number of rotatable bonds is 7. The van der Waals surface area contributed by atoms with Gasteiger partial charge < -0.3 is 20.5 Å². The van der Waals surface area contributed by atoms with Crippen LogP contribution in [0, 0.1) is 5.41 Å². The lowest BCUT2D eigenvalue weighted by atomic mass is 9.92. The number of hydrogen-bond donors (Lipinski definition) is 3. The van der Waals surface area contributed by atoms with Gasteiger partial charge in [-0.05, 0) is 37.5 Å². The molecular weight excluding hydrogens is 260 g/mol. The molecule has 0 aromatic carbocycles. The summed E-state index contributed by atoms with van der Waals surface area (Å²) in [7, 11) is 1.57. The highest BCUT2D eigenvalue weighted by Gasteiger charge is 2.32. The van der Waals surface area contributed by atoms with Crippen LogP contribution in [0.4, 0.5) is 4.79 Å². The number of amides is 2. The van der Waals surface area contributed by atoms with Crippen LogP contribution in [0.2, 0.25) is 0 Å². The average molecular weight is 286 g/mol. The van der Waals surface area contributed by atoms with Crippen molar-refractivity contribution in [3.63, 3.8) is 0 Å². The van der Waals surface area contributed by atoms with Crippen LogP contribution in [0.25, 0.3) is 0 Å². The molecule has 116 valence electrons. The van der Waals surface area contributed by atoms with Crippen molar-refractivity contribution in [2.24, 2.45) is 5.41 Å². The van der Waals surface area contributed by atoms with Gasteiger partial charge in [0.05, 0.1) is 0 Å². The molecule has 2 atom stereocenters. The van der Waals surface area contributed by atoms with Gasteiger partial charge in [-0.25, -0.2) is 9.59 Å². The van der Waals surface area contributed by atoms with Crippen LogP contribution in [-0.4, -0.2) is 42.9 Å². The molecule has 1 aliphatic rings. The van der Waals surface area contributed by atoms with Gasteiger partial charge in [0.25, 0.3) is 0 Å². The second-order valence-electron chi connectivity index (χ2n) is 6.25. The lowest BCUT2D eigenvalue weighted by Gasteiger charge is -2.20. The third kappa shape index (κ3) is 5.77. The van der Waals surface area contributed by atoms with Crippen molar-refractivity contribution in [3.05, 3.63) is 0 Å². The molecule has 1 aliphatic carbocycles. The van der Waals surface area contributed by atoms with Crippen LogP contribution in [0.15, 0.2) is 0 Å². The average Bonchev–Trinajstić information content (AvgIpc) is 2.67. The summed E-state index contributed by atoms with van der Waals surface area (Å²) in [5.74, 6) is -1.01. The van der Waals surface area contributed by atoms with Gasteiger partial charge in [0.15, 0.2) is 0 Å². The molecule has 1 saturated carbocycles. The first kappa shape index (κ1) is 16.8. The molecule has 0 aromatic heterocycles. The minimum atomic E-state index is -1.01. The fourth-order valence-electron chi connectivity index (χ4n) is 2.63. The van der Waals surface area contributed by atoms with Crippen molar-refractivity contribution in [1.82, 2.24) is 10.6 Å². The summed E-state index contributed by atoms with van der Waals surface area (Å²) in [5.41, 5.74) is 0.253. The van der Waals surface area contributed by atoms with Gasteiger partial charge in [-0.15, -0.1) is 0 Å². The summed E-state index contributed by atoms with van der Waals surface area (Å²) < 4.78 is 4.89. The minimum Gasteiger partial charge on any atom is -0.480 e. The Morgan fingerprint density at radius 3 is 2.65 bits per heavy atom. The predicted octanol–water partition coefficient (Wildman–Crippen LogP) is 1.74. The molecule has 0 spiro atoms. The van der Waals surface area contributed by atoms with E-state index in [1.165, 1.54) is 0 Å². The first-order chi connectivity index (χ1) is 9.34. The molecule has 1 rings (SSSR count). The van der Waals surface area contributed by atoms with Gasteiger partial charge in [-0.2, -0.15) is 0 Å². The summed E-state index contributed by atoms with van der Waals surface area (Å²) in [5, 5.41) is 14.5. The number of ether oxygens (including phenoxy) is 1. The Hall–Kier alpha value is -1.30. The SMILES string of the molecule is COCCCC(NC(=O)NC1CCC(C)(C)C1)C(=O)O. The topological polar surface area (TPSA) is 87.7 Å². The molecule has 6 heteroatoms. The first-order valence-electron chi connectivity index (χ1n) is 7.13. The van der Waals surface area contributed by atoms with Crippen LogP contribution in [0.5, 0.6) is 0 Å². The Bertz CT molecular complexity index is 344. The fourth-order valence-corrected chi connectivity index (χ4v) is 2.63. The molecule has 20 heavy (non-hydrogen) atoms. The van der Waals surface area contributed by atoms with Crippen molar-refractivity contribution >= 4 is 12.0 Å². The summed E-state index contributed by atoms with van der Waals surface area (Å²) in [6, 6.07) is -1.12. The van der Waals surface area contributed by atoms with E-state index in [9.17, 15) is 9.59 Å². The molecular formula is C14H26N2O4. The zero-order valence-electron chi connectivity index (χ0n) is 12.6. The fraction of sp³-hybridized carbons (Fsp3) is 0.857. The number of carboxylic acids is 1. The predicted molar refractivity (Wildman–Crippen MR) is 75.6 cm³/mol. The van der Waals surface area contributed by atoms with Crippen molar-refractivity contribution < 1.29 is 19.4 Å². The van der Waals surface area contributed by atoms with E-state index in [1.54, 1.807) is 7.11 Å². The number of carbonyl (C=O) groups excluding carboxylic acids is 1. The van der Waals surface area contributed by atoms with Gasteiger partial charge in [-0.3, -0.25) is 0 Å². The smallest absolute Gasteiger partial charge is 0.326 e. The largest absolute Gasteiger partial charge is 0.480 e. The highest BCUT2D eigenvalue weighted by molar-refractivity contribution is 5.82. The third-order valence-corrected chi connectivity index (χ3v) is 3.75. The maximum atomic E-state index is 11.8. The van der Waals surface area contributed by atoms with E-state index in [4.69, 9.17) is 9.84 Å². The van der Waals surface area contributed by atoms with Crippen LogP contribution in [-0.2, 0) is 9.53 Å². The number of hydrogen-bond acceptors (Lipinski definition) is 3. The van der Waals surface area contributed by atoms with Gasteiger partial charge in [0.1, 0.15) is 6.04 Å². The molecule has 6 nitrogen and oxygen atoms in total. The standard InChI is InChI=1S/C14H26N2O4/c1-14(2)7-6-10(9-14)15-13(19)16-11(12(17)18)5-4-8-20-3/h10-11H,4-9H2,1-3H3,(H,17,18)(H2,15,16,19). The van der Waals surface area contributed by atoms with Crippen LogP contribution >= 0.6 is 0 Å². The van der Waals surface area contributed by atoms with Gasteiger partial charge in [0, 0.05) is 19.8 Å². The van der Waals surface area contributed by atoms with Crippen LogP contribution in [0.3, 0.4) is 0 Å². The number of urea groups is 1. The number of nitrogens with one attached hydrogen (secondary N) is 2.